The highest BCUT2D eigenvalue weighted by molar-refractivity contribution is 6.31. The number of aromatic nitrogens is 4. The Balaban J connectivity index is 0.000000171. The highest BCUT2D eigenvalue weighted by Crippen LogP contribution is 2.46. The third-order valence-corrected chi connectivity index (χ3v) is 25.1. The molecule has 20 heteroatoms. The number of hydrogen-bond acceptors (Lipinski definition) is 8. The lowest BCUT2D eigenvalue weighted by Gasteiger charge is -2.33. The van der Waals surface area contributed by atoms with Gasteiger partial charge < -0.3 is 0 Å². The average molecular weight is 1620 g/mol. The van der Waals surface area contributed by atoms with Gasteiger partial charge in [-0.05, 0) is 296 Å². The van der Waals surface area contributed by atoms with Gasteiger partial charge in [0, 0.05) is 114 Å². The Hall–Kier alpha value is -7.24. The monoisotopic (exact) mass is 1620 g/mol. The molecule has 600 valence electrons. The summed E-state index contributed by atoms with van der Waals surface area (Å²) >= 11 is 23.6. The molecule has 8 nitrogen and oxygen atoms in total. The van der Waals surface area contributed by atoms with Crippen LogP contribution in [0.3, 0.4) is 0 Å². The maximum atomic E-state index is 12.9. The van der Waals surface area contributed by atoms with Crippen molar-refractivity contribution in [3.8, 4) is 0 Å². The van der Waals surface area contributed by atoms with Crippen LogP contribution in [-0.4, -0.2) is 43.1 Å². The van der Waals surface area contributed by atoms with Crippen molar-refractivity contribution in [2.75, 3.05) is 0 Å². The van der Waals surface area contributed by atoms with Crippen LogP contribution in [0.2, 0.25) is 20.1 Å². The maximum absolute atomic E-state index is 12.9. The normalized spacial score (nSPS) is 20.9. The summed E-state index contributed by atoms with van der Waals surface area (Å²) in [6.07, 6.45) is 11.6. The van der Waals surface area contributed by atoms with Crippen molar-refractivity contribution in [2.24, 2.45) is 47.3 Å². The molecular formula is C92H104Cl4F8N4O4. The van der Waals surface area contributed by atoms with E-state index in [0.717, 1.165) is 151 Å². The second kappa shape index (κ2) is 44.6. The summed E-state index contributed by atoms with van der Waals surface area (Å²) in [5.41, 5.74) is 5.41. The third-order valence-electron chi connectivity index (χ3n) is 24.0. The lowest BCUT2D eigenvalue weighted by molar-refractivity contribution is 0.0917. The minimum absolute atomic E-state index is 0.139. The summed E-state index contributed by atoms with van der Waals surface area (Å²) in [6.45, 7) is 8.55. The van der Waals surface area contributed by atoms with Gasteiger partial charge in [-0.25, -0.2) is 35.1 Å². The summed E-state index contributed by atoms with van der Waals surface area (Å²) in [4.78, 5) is 67.2. The number of ketones is 4. The number of benzene rings is 4. The zero-order chi connectivity index (χ0) is 80.4. The Kier molecular flexibility index (Phi) is 35.3. The summed E-state index contributed by atoms with van der Waals surface area (Å²) in [5.74, 6) is 4.99. The first kappa shape index (κ1) is 88.7. The summed E-state index contributed by atoms with van der Waals surface area (Å²) in [6, 6.07) is 48.0. The van der Waals surface area contributed by atoms with E-state index >= 15 is 0 Å². The highest BCUT2D eigenvalue weighted by atomic mass is 35.5. The SMILES string of the molecule is CCC(CC(=O)c1ccc(Cl)cc1)C1CCC(c2cccc(C(F)F)n2)CC1.CC[C@@H](CC(=O)c1ccc(Cl)cc1)C1CCC(c2cccc(C(F)F)n2)CC1.CC[C@@H](CC(=O)c1ccc(Cl)cc1)C1CCC(c2cccc(C(F)F)n2)CC1.CC[C@H](CC(=O)c1ccc(Cl)cc1)C1CCC(c2cccc(C(F)F)n2)CC1. The molecule has 12 rings (SSSR count). The number of nitrogens with zero attached hydrogens (tertiary/aromatic N) is 4. The van der Waals surface area contributed by atoms with E-state index < -0.39 is 25.7 Å². The fraction of sp³-hybridized carbons (Fsp3) is 0.478. The maximum Gasteiger partial charge on any atom is 0.280 e. The molecule has 4 fully saturated rings. The van der Waals surface area contributed by atoms with Crippen LogP contribution < -0.4 is 0 Å². The smallest absolute Gasteiger partial charge is 0.280 e. The van der Waals surface area contributed by atoms with E-state index in [1.165, 1.54) is 24.3 Å². The Bertz CT molecular complexity index is 3680. The first-order valence-electron chi connectivity index (χ1n) is 40.1. The van der Waals surface area contributed by atoms with Gasteiger partial charge in [0.1, 0.15) is 22.8 Å². The first-order valence-corrected chi connectivity index (χ1v) is 41.6. The van der Waals surface area contributed by atoms with E-state index in [4.69, 9.17) is 46.4 Å². The van der Waals surface area contributed by atoms with Crippen LogP contribution in [0.5, 0.6) is 0 Å². The predicted molar refractivity (Wildman–Crippen MR) is 432 cm³/mol. The van der Waals surface area contributed by atoms with Crippen LogP contribution in [0, 0.1) is 47.3 Å². The minimum atomic E-state index is -2.53. The molecule has 4 aliphatic carbocycles. The van der Waals surface area contributed by atoms with Gasteiger partial charge in [-0.15, -0.1) is 0 Å². The Labute approximate surface area is 675 Å². The van der Waals surface area contributed by atoms with Crippen LogP contribution in [0.15, 0.2) is 170 Å². The van der Waals surface area contributed by atoms with Crippen molar-refractivity contribution >= 4 is 69.5 Å². The fourth-order valence-electron chi connectivity index (χ4n) is 17.4. The minimum Gasteiger partial charge on any atom is -0.294 e. The van der Waals surface area contributed by atoms with E-state index in [9.17, 15) is 54.3 Å². The van der Waals surface area contributed by atoms with Crippen molar-refractivity contribution in [2.45, 2.75) is 231 Å². The number of rotatable bonds is 28. The number of Topliss-reactive ketones (excluding diaryl/α,β-unsaturated/α-hetero) is 4. The summed E-state index contributed by atoms with van der Waals surface area (Å²) in [7, 11) is 0. The molecule has 0 spiro atoms. The molecule has 0 saturated heterocycles. The molecule has 0 bridgehead atoms. The Morgan fingerprint density at radius 2 is 0.446 bits per heavy atom. The topological polar surface area (TPSA) is 120 Å². The third kappa shape index (κ3) is 26.4. The van der Waals surface area contributed by atoms with Crippen LogP contribution in [0.25, 0.3) is 0 Å². The molecule has 0 aliphatic heterocycles. The number of pyridine rings is 4. The molecule has 0 N–H and O–H groups in total. The van der Waals surface area contributed by atoms with Gasteiger partial charge in [-0.2, -0.15) is 0 Å². The van der Waals surface area contributed by atoms with Gasteiger partial charge in [0.05, 0.1) is 0 Å². The van der Waals surface area contributed by atoms with Gasteiger partial charge >= 0.3 is 0 Å². The number of alkyl halides is 8. The molecular weight excluding hydrogens is 1520 g/mol. The molecule has 4 heterocycles. The lowest BCUT2D eigenvalue weighted by atomic mass is 9.72. The number of carbonyl (C=O) groups excluding carboxylic acids is 4. The second-order valence-electron chi connectivity index (χ2n) is 30.8. The zero-order valence-electron chi connectivity index (χ0n) is 64.3. The van der Waals surface area contributed by atoms with Gasteiger partial charge in [-0.3, -0.25) is 39.1 Å². The van der Waals surface area contributed by atoms with E-state index in [1.807, 2.05) is 24.3 Å². The number of halogens is 12. The molecule has 0 radical (unpaired) electrons. The van der Waals surface area contributed by atoms with Crippen LogP contribution in [-0.2, 0) is 0 Å². The fourth-order valence-corrected chi connectivity index (χ4v) is 17.9. The van der Waals surface area contributed by atoms with E-state index in [2.05, 4.69) is 47.6 Å². The van der Waals surface area contributed by atoms with Crippen LogP contribution in [0.1, 0.15) is 318 Å². The predicted octanol–water partition coefficient (Wildman–Crippen LogP) is 29.0. The number of hydrogen-bond donors (Lipinski definition) is 0. The molecule has 4 aromatic carbocycles. The molecule has 8 aromatic rings. The van der Waals surface area contributed by atoms with Gasteiger partial charge in [0.25, 0.3) is 25.7 Å². The van der Waals surface area contributed by atoms with E-state index in [0.29, 0.717) is 115 Å². The van der Waals surface area contributed by atoms with Crippen molar-refractivity contribution < 1.29 is 54.3 Å². The molecule has 1 unspecified atom stereocenters. The van der Waals surface area contributed by atoms with Gasteiger partial charge in [-0.1, -0.05) is 124 Å². The molecule has 4 atom stereocenters. The highest BCUT2D eigenvalue weighted by Gasteiger charge is 2.35. The van der Waals surface area contributed by atoms with Gasteiger partial charge in [0.2, 0.25) is 0 Å². The Morgan fingerprint density at radius 1 is 0.277 bits per heavy atom. The standard InChI is InChI=1S/4C23H26ClF2NO/c4*1-2-15(14-22(28)18-10-12-19(24)13-11-18)16-6-8-17(9-7-16)20-4-3-5-21(27-20)23(25)26/h4*3-5,10-13,15-17,23H,2,6-9,14H2,1H3/t3*15-,16?,17?;/m100./s1. The summed E-state index contributed by atoms with van der Waals surface area (Å²) < 4.78 is 103. The molecule has 0 amide bonds. The van der Waals surface area contributed by atoms with Crippen molar-refractivity contribution in [1.82, 2.24) is 19.9 Å². The zero-order valence-corrected chi connectivity index (χ0v) is 67.4. The Morgan fingerprint density at radius 3 is 0.598 bits per heavy atom. The molecule has 4 aromatic heterocycles. The van der Waals surface area contributed by atoms with Gasteiger partial charge in [0.15, 0.2) is 23.1 Å². The van der Waals surface area contributed by atoms with Crippen molar-refractivity contribution in [1.29, 1.82) is 0 Å². The van der Waals surface area contributed by atoms with Crippen LogP contribution >= 0.6 is 46.4 Å². The molecule has 112 heavy (non-hydrogen) atoms. The van der Waals surface area contributed by atoms with Crippen molar-refractivity contribution in [3.63, 3.8) is 0 Å². The van der Waals surface area contributed by atoms with E-state index in [1.54, 1.807) is 121 Å². The van der Waals surface area contributed by atoms with E-state index in [-0.39, 0.29) is 69.6 Å². The lowest BCUT2D eigenvalue weighted by Crippen LogP contribution is -2.23. The number of carbonyl (C=O) groups is 4. The van der Waals surface area contributed by atoms with Crippen molar-refractivity contribution in [3.05, 3.63) is 258 Å². The quantitative estimate of drug-likeness (QED) is 0.0351. The first-order chi connectivity index (χ1) is 53.9. The molecule has 4 aliphatic rings. The average Bonchev–Trinajstić information content (AvgIpc) is 0.829. The van der Waals surface area contributed by atoms with Crippen LogP contribution in [0.4, 0.5) is 35.1 Å². The molecule has 4 saturated carbocycles. The largest absolute Gasteiger partial charge is 0.294 e. The second-order valence-corrected chi connectivity index (χ2v) is 32.6. The summed E-state index contributed by atoms with van der Waals surface area (Å²) in [5, 5.41) is 2.52.